The molecule has 2 N–H and O–H groups in total. The lowest BCUT2D eigenvalue weighted by Crippen LogP contribution is -2.46. The van der Waals surface area contributed by atoms with Crippen LogP contribution < -0.4 is 15.4 Å². The van der Waals surface area contributed by atoms with E-state index < -0.39 is 23.2 Å². The second-order valence-corrected chi connectivity index (χ2v) is 6.09. The van der Waals surface area contributed by atoms with E-state index in [1.165, 1.54) is 20.3 Å². The molecule has 1 unspecified atom stereocenters. The highest BCUT2D eigenvalue weighted by atomic mass is 19.1. The number of para-hydroxylation sites is 1. The van der Waals surface area contributed by atoms with E-state index in [0.29, 0.717) is 11.3 Å². The molecule has 0 heterocycles. The summed E-state index contributed by atoms with van der Waals surface area (Å²) in [5.41, 5.74) is -0.0688. The molecular formula is C20H23FN2O4. The van der Waals surface area contributed by atoms with E-state index in [2.05, 4.69) is 10.6 Å². The van der Waals surface area contributed by atoms with Crippen LogP contribution >= 0.6 is 0 Å². The number of carbonyl (C=O) groups is 2. The van der Waals surface area contributed by atoms with Crippen molar-refractivity contribution in [3.8, 4) is 5.75 Å². The van der Waals surface area contributed by atoms with Crippen molar-refractivity contribution in [2.75, 3.05) is 20.8 Å². The van der Waals surface area contributed by atoms with Crippen LogP contribution in [-0.2, 0) is 26.5 Å². The summed E-state index contributed by atoms with van der Waals surface area (Å²) in [4.78, 5) is 24.1. The highest BCUT2D eigenvalue weighted by Crippen LogP contribution is 2.26. The molecule has 2 aromatic carbocycles. The highest BCUT2D eigenvalue weighted by Gasteiger charge is 2.30. The van der Waals surface area contributed by atoms with Gasteiger partial charge in [-0.25, -0.2) is 4.39 Å². The zero-order chi connectivity index (χ0) is 19.9. The van der Waals surface area contributed by atoms with Crippen molar-refractivity contribution < 1.29 is 23.5 Å². The van der Waals surface area contributed by atoms with Crippen LogP contribution in [0.15, 0.2) is 48.5 Å². The average molecular weight is 374 g/mol. The Balaban J connectivity index is 1.95. The maximum absolute atomic E-state index is 14.1. The second-order valence-electron chi connectivity index (χ2n) is 6.09. The molecule has 0 aliphatic carbocycles. The number of ether oxygens (including phenoxy) is 2. The summed E-state index contributed by atoms with van der Waals surface area (Å²) in [5, 5.41) is 5.02. The van der Waals surface area contributed by atoms with Crippen LogP contribution in [-0.4, -0.2) is 32.6 Å². The van der Waals surface area contributed by atoms with Gasteiger partial charge in [0.05, 0.1) is 13.7 Å². The van der Waals surface area contributed by atoms with Gasteiger partial charge in [-0.05, 0) is 19.1 Å². The van der Waals surface area contributed by atoms with E-state index >= 15 is 0 Å². The van der Waals surface area contributed by atoms with Crippen LogP contribution in [0.4, 0.5) is 4.39 Å². The minimum Gasteiger partial charge on any atom is -0.496 e. The maximum Gasteiger partial charge on any atom is 0.309 e. The SMILES string of the molecule is COc1ccccc1CNC(=O)C(=O)NCC(C)(OC)c1ccccc1F. The smallest absolute Gasteiger partial charge is 0.309 e. The summed E-state index contributed by atoms with van der Waals surface area (Å²) < 4.78 is 24.6. The number of rotatable bonds is 7. The molecule has 7 heteroatoms. The van der Waals surface area contributed by atoms with Crippen LogP contribution in [0, 0.1) is 5.82 Å². The maximum atomic E-state index is 14.1. The van der Waals surface area contributed by atoms with Crippen molar-refractivity contribution in [2.45, 2.75) is 19.1 Å². The second kappa shape index (κ2) is 9.14. The molecule has 0 radical (unpaired) electrons. The fraction of sp³-hybridized carbons (Fsp3) is 0.300. The quantitative estimate of drug-likeness (QED) is 0.728. The summed E-state index contributed by atoms with van der Waals surface area (Å²) in [7, 11) is 2.95. The Morgan fingerprint density at radius 2 is 1.63 bits per heavy atom. The van der Waals surface area contributed by atoms with Gasteiger partial charge in [-0.2, -0.15) is 0 Å². The van der Waals surface area contributed by atoms with Crippen molar-refractivity contribution in [3.63, 3.8) is 0 Å². The van der Waals surface area contributed by atoms with Gasteiger partial charge in [-0.3, -0.25) is 9.59 Å². The van der Waals surface area contributed by atoms with Crippen molar-refractivity contribution in [1.29, 1.82) is 0 Å². The lowest BCUT2D eigenvalue weighted by molar-refractivity contribution is -0.140. The minimum atomic E-state index is -1.11. The van der Waals surface area contributed by atoms with Crippen LogP contribution in [0.25, 0.3) is 0 Å². The first kappa shape index (κ1) is 20.4. The number of hydrogen-bond acceptors (Lipinski definition) is 4. The predicted octanol–water partition coefficient (Wildman–Crippen LogP) is 2.13. The number of methoxy groups -OCH3 is 2. The van der Waals surface area contributed by atoms with Crippen molar-refractivity contribution in [3.05, 3.63) is 65.5 Å². The van der Waals surface area contributed by atoms with Crippen LogP contribution in [0.1, 0.15) is 18.1 Å². The van der Waals surface area contributed by atoms with Gasteiger partial charge in [-0.15, -0.1) is 0 Å². The lowest BCUT2D eigenvalue weighted by atomic mass is 9.95. The highest BCUT2D eigenvalue weighted by molar-refractivity contribution is 6.35. The first-order chi connectivity index (χ1) is 12.9. The third kappa shape index (κ3) is 5.04. The zero-order valence-corrected chi connectivity index (χ0v) is 15.5. The van der Waals surface area contributed by atoms with Gasteiger partial charge in [0.15, 0.2) is 0 Å². The molecule has 0 fully saturated rings. The number of nitrogens with one attached hydrogen (secondary N) is 2. The molecule has 144 valence electrons. The molecule has 0 aliphatic rings. The fourth-order valence-electron chi connectivity index (χ4n) is 2.60. The van der Waals surface area contributed by atoms with E-state index in [1.54, 1.807) is 37.3 Å². The molecule has 2 aromatic rings. The Labute approximate surface area is 157 Å². The van der Waals surface area contributed by atoms with Gasteiger partial charge in [-0.1, -0.05) is 36.4 Å². The van der Waals surface area contributed by atoms with Crippen molar-refractivity contribution in [2.24, 2.45) is 0 Å². The van der Waals surface area contributed by atoms with E-state index in [4.69, 9.17) is 9.47 Å². The van der Waals surface area contributed by atoms with Gasteiger partial charge in [0, 0.05) is 24.8 Å². The molecule has 0 aromatic heterocycles. The Kier molecular flexibility index (Phi) is 6.90. The molecule has 0 saturated heterocycles. The molecule has 1 atom stereocenters. The number of benzene rings is 2. The fourth-order valence-corrected chi connectivity index (χ4v) is 2.60. The zero-order valence-electron chi connectivity index (χ0n) is 15.5. The average Bonchev–Trinajstić information content (AvgIpc) is 2.70. The Hall–Kier alpha value is -2.93. The molecule has 6 nitrogen and oxygen atoms in total. The Morgan fingerprint density at radius 3 is 2.30 bits per heavy atom. The normalized spacial score (nSPS) is 12.7. The molecular weight excluding hydrogens is 351 g/mol. The number of amides is 2. The molecule has 0 aliphatic heterocycles. The summed E-state index contributed by atoms with van der Waals surface area (Å²) in [6, 6.07) is 13.3. The molecule has 0 bridgehead atoms. The first-order valence-corrected chi connectivity index (χ1v) is 8.39. The molecule has 27 heavy (non-hydrogen) atoms. The standard InChI is InChI=1S/C20H23FN2O4/c1-20(27-3,15-9-5-6-10-16(15)21)13-23-19(25)18(24)22-12-14-8-4-7-11-17(14)26-2/h4-11H,12-13H2,1-3H3,(H,22,24)(H,23,25). The Bertz CT molecular complexity index is 812. The summed E-state index contributed by atoms with van der Waals surface area (Å²) >= 11 is 0. The monoisotopic (exact) mass is 374 g/mol. The topological polar surface area (TPSA) is 76.7 Å². The lowest BCUT2D eigenvalue weighted by Gasteiger charge is -2.29. The van der Waals surface area contributed by atoms with Crippen LogP contribution in [0.3, 0.4) is 0 Å². The van der Waals surface area contributed by atoms with Gasteiger partial charge in [0.25, 0.3) is 0 Å². The number of hydrogen-bond donors (Lipinski definition) is 2. The number of carbonyl (C=O) groups excluding carboxylic acids is 2. The predicted molar refractivity (Wildman–Crippen MR) is 98.6 cm³/mol. The molecule has 2 amide bonds. The number of halogens is 1. The minimum absolute atomic E-state index is 0.0641. The van der Waals surface area contributed by atoms with Crippen molar-refractivity contribution in [1.82, 2.24) is 10.6 Å². The van der Waals surface area contributed by atoms with Gasteiger partial charge in [0.1, 0.15) is 17.2 Å². The van der Waals surface area contributed by atoms with Gasteiger partial charge in [0.2, 0.25) is 0 Å². The summed E-state index contributed by atoms with van der Waals surface area (Å²) in [6.07, 6.45) is 0. The summed E-state index contributed by atoms with van der Waals surface area (Å²) in [5.74, 6) is -1.46. The van der Waals surface area contributed by atoms with E-state index in [-0.39, 0.29) is 13.1 Å². The van der Waals surface area contributed by atoms with Gasteiger partial charge < -0.3 is 20.1 Å². The van der Waals surface area contributed by atoms with E-state index in [0.717, 1.165) is 5.56 Å². The third-order valence-electron chi connectivity index (χ3n) is 4.32. The molecule has 2 rings (SSSR count). The third-order valence-corrected chi connectivity index (χ3v) is 4.32. The molecule has 0 spiro atoms. The van der Waals surface area contributed by atoms with Crippen molar-refractivity contribution >= 4 is 11.8 Å². The summed E-state index contributed by atoms with van der Waals surface area (Å²) in [6.45, 7) is 1.72. The Morgan fingerprint density at radius 1 is 1.00 bits per heavy atom. The van der Waals surface area contributed by atoms with Crippen LogP contribution in [0.2, 0.25) is 0 Å². The van der Waals surface area contributed by atoms with E-state index in [1.807, 2.05) is 12.1 Å². The van der Waals surface area contributed by atoms with Crippen LogP contribution in [0.5, 0.6) is 5.75 Å². The first-order valence-electron chi connectivity index (χ1n) is 8.39. The molecule has 0 saturated carbocycles. The van der Waals surface area contributed by atoms with E-state index in [9.17, 15) is 14.0 Å². The van der Waals surface area contributed by atoms with Gasteiger partial charge >= 0.3 is 11.8 Å². The largest absolute Gasteiger partial charge is 0.496 e.